The molecule has 1 aromatic carbocycles. The first-order chi connectivity index (χ1) is 8.32. The Morgan fingerprint density at radius 1 is 1.11 bits per heavy atom. The SMILES string of the molecule is Cc1ccc(F)c(C2(O)CCCC(C)(C)CC2)c1. The van der Waals surface area contributed by atoms with E-state index in [9.17, 15) is 9.50 Å². The molecule has 1 aliphatic carbocycles. The lowest BCUT2D eigenvalue weighted by molar-refractivity contribution is 0.0146. The molecule has 0 aromatic heterocycles. The molecule has 0 saturated heterocycles. The molecule has 1 unspecified atom stereocenters. The molecular formula is C16H23FO. The summed E-state index contributed by atoms with van der Waals surface area (Å²) in [7, 11) is 0. The van der Waals surface area contributed by atoms with E-state index in [1.54, 1.807) is 12.1 Å². The monoisotopic (exact) mass is 250 g/mol. The van der Waals surface area contributed by atoms with Crippen LogP contribution in [-0.2, 0) is 5.60 Å². The maximum absolute atomic E-state index is 14.0. The van der Waals surface area contributed by atoms with Crippen LogP contribution in [0.1, 0.15) is 57.1 Å². The average molecular weight is 250 g/mol. The Kier molecular flexibility index (Phi) is 3.50. The minimum atomic E-state index is -0.982. The lowest BCUT2D eigenvalue weighted by atomic mass is 9.82. The molecule has 1 saturated carbocycles. The van der Waals surface area contributed by atoms with Crippen molar-refractivity contribution in [3.63, 3.8) is 0 Å². The molecule has 0 amide bonds. The number of hydrogen-bond acceptors (Lipinski definition) is 1. The molecule has 1 N–H and O–H groups in total. The third-order valence-corrected chi connectivity index (χ3v) is 4.28. The number of benzene rings is 1. The Hall–Kier alpha value is -0.890. The molecule has 1 nitrogen and oxygen atoms in total. The number of aryl methyl sites for hydroxylation is 1. The summed E-state index contributed by atoms with van der Waals surface area (Å²) >= 11 is 0. The number of hydrogen-bond donors (Lipinski definition) is 1. The van der Waals surface area contributed by atoms with E-state index < -0.39 is 5.60 Å². The quantitative estimate of drug-likeness (QED) is 0.736. The van der Waals surface area contributed by atoms with Crippen LogP contribution in [-0.4, -0.2) is 5.11 Å². The number of halogens is 1. The fraction of sp³-hybridized carbons (Fsp3) is 0.625. The van der Waals surface area contributed by atoms with Crippen molar-refractivity contribution in [2.45, 2.75) is 58.5 Å². The fourth-order valence-corrected chi connectivity index (χ4v) is 2.92. The Morgan fingerprint density at radius 3 is 2.56 bits per heavy atom. The van der Waals surface area contributed by atoms with Crippen molar-refractivity contribution in [3.8, 4) is 0 Å². The molecule has 1 aromatic rings. The summed E-state index contributed by atoms with van der Waals surface area (Å²) in [6.07, 6.45) is 4.31. The van der Waals surface area contributed by atoms with Crippen molar-refractivity contribution in [2.24, 2.45) is 5.41 Å². The smallest absolute Gasteiger partial charge is 0.129 e. The van der Waals surface area contributed by atoms with Gasteiger partial charge in [-0.3, -0.25) is 0 Å². The molecule has 18 heavy (non-hydrogen) atoms. The topological polar surface area (TPSA) is 20.2 Å². The normalized spacial score (nSPS) is 27.8. The first-order valence-corrected chi connectivity index (χ1v) is 6.81. The first kappa shape index (κ1) is 13.5. The highest BCUT2D eigenvalue weighted by Crippen LogP contribution is 2.43. The van der Waals surface area contributed by atoms with E-state index in [4.69, 9.17) is 0 Å². The van der Waals surface area contributed by atoms with Crippen molar-refractivity contribution in [1.82, 2.24) is 0 Å². The molecule has 0 radical (unpaired) electrons. The Labute approximate surface area is 109 Å². The van der Waals surface area contributed by atoms with Gasteiger partial charge in [0.15, 0.2) is 0 Å². The number of aliphatic hydroxyl groups is 1. The van der Waals surface area contributed by atoms with E-state index in [0.717, 1.165) is 24.8 Å². The van der Waals surface area contributed by atoms with Crippen LogP contribution >= 0.6 is 0 Å². The molecule has 100 valence electrons. The van der Waals surface area contributed by atoms with Gasteiger partial charge >= 0.3 is 0 Å². The second-order valence-corrected chi connectivity index (χ2v) is 6.53. The van der Waals surface area contributed by atoms with E-state index in [-0.39, 0.29) is 11.2 Å². The van der Waals surface area contributed by atoms with Crippen LogP contribution in [0.15, 0.2) is 18.2 Å². The van der Waals surface area contributed by atoms with E-state index in [1.807, 2.05) is 6.92 Å². The summed E-state index contributed by atoms with van der Waals surface area (Å²) in [4.78, 5) is 0. The molecule has 2 rings (SSSR count). The maximum atomic E-state index is 14.0. The molecule has 0 aliphatic heterocycles. The predicted molar refractivity (Wildman–Crippen MR) is 71.9 cm³/mol. The Morgan fingerprint density at radius 2 is 1.83 bits per heavy atom. The van der Waals surface area contributed by atoms with Crippen LogP contribution in [0.3, 0.4) is 0 Å². The average Bonchev–Trinajstić information content (AvgIpc) is 2.42. The highest BCUT2D eigenvalue weighted by atomic mass is 19.1. The summed E-state index contributed by atoms with van der Waals surface area (Å²) in [6.45, 7) is 6.39. The lowest BCUT2D eigenvalue weighted by Gasteiger charge is -2.29. The van der Waals surface area contributed by atoms with Gasteiger partial charge in [-0.2, -0.15) is 0 Å². The van der Waals surface area contributed by atoms with Gasteiger partial charge in [-0.05, 0) is 50.5 Å². The Bertz CT molecular complexity index is 439. The number of rotatable bonds is 1. The van der Waals surface area contributed by atoms with E-state index >= 15 is 0 Å². The summed E-state index contributed by atoms with van der Waals surface area (Å²) in [5.41, 5.74) is 0.762. The molecule has 0 bridgehead atoms. The van der Waals surface area contributed by atoms with Crippen molar-refractivity contribution in [2.75, 3.05) is 0 Å². The summed E-state index contributed by atoms with van der Waals surface area (Å²) < 4.78 is 14.0. The molecule has 1 fully saturated rings. The van der Waals surface area contributed by atoms with Gasteiger partial charge in [0.1, 0.15) is 5.82 Å². The van der Waals surface area contributed by atoms with Gasteiger partial charge in [-0.15, -0.1) is 0 Å². The molecule has 2 heteroatoms. The minimum absolute atomic E-state index is 0.255. The molecule has 0 spiro atoms. The van der Waals surface area contributed by atoms with Crippen molar-refractivity contribution < 1.29 is 9.50 Å². The van der Waals surface area contributed by atoms with Crippen LogP contribution in [0.2, 0.25) is 0 Å². The highest BCUT2D eigenvalue weighted by molar-refractivity contribution is 5.29. The second-order valence-electron chi connectivity index (χ2n) is 6.53. The van der Waals surface area contributed by atoms with Gasteiger partial charge in [-0.25, -0.2) is 4.39 Å². The minimum Gasteiger partial charge on any atom is -0.385 e. The first-order valence-electron chi connectivity index (χ1n) is 6.81. The zero-order chi connectivity index (χ0) is 13.4. The second kappa shape index (κ2) is 4.65. The van der Waals surface area contributed by atoms with Crippen molar-refractivity contribution in [1.29, 1.82) is 0 Å². The lowest BCUT2D eigenvalue weighted by Crippen LogP contribution is -2.26. The van der Waals surface area contributed by atoms with Gasteiger partial charge in [-0.1, -0.05) is 31.5 Å². The molecule has 1 atom stereocenters. The van der Waals surface area contributed by atoms with E-state index in [0.29, 0.717) is 18.4 Å². The van der Waals surface area contributed by atoms with E-state index in [1.165, 1.54) is 6.07 Å². The standard InChI is InChI=1S/C16H23FO/c1-12-5-6-14(17)13(11-12)16(18)8-4-7-15(2,3)9-10-16/h5-6,11,18H,4,7-10H2,1-3H3. The third-order valence-electron chi connectivity index (χ3n) is 4.28. The van der Waals surface area contributed by atoms with Crippen LogP contribution in [0.4, 0.5) is 4.39 Å². The molecule has 0 heterocycles. The van der Waals surface area contributed by atoms with Crippen molar-refractivity contribution >= 4 is 0 Å². The maximum Gasteiger partial charge on any atom is 0.129 e. The third kappa shape index (κ3) is 2.74. The van der Waals surface area contributed by atoms with Crippen LogP contribution in [0, 0.1) is 18.2 Å². The van der Waals surface area contributed by atoms with Crippen LogP contribution in [0.5, 0.6) is 0 Å². The van der Waals surface area contributed by atoms with Crippen molar-refractivity contribution in [3.05, 3.63) is 35.1 Å². The van der Waals surface area contributed by atoms with Crippen LogP contribution < -0.4 is 0 Å². The summed E-state index contributed by atoms with van der Waals surface area (Å²) in [6, 6.07) is 5.02. The van der Waals surface area contributed by atoms with Gasteiger partial charge < -0.3 is 5.11 Å². The zero-order valence-electron chi connectivity index (χ0n) is 11.6. The molecule has 1 aliphatic rings. The largest absolute Gasteiger partial charge is 0.385 e. The Balaban J connectivity index is 2.33. The molecular weight excluding hydrogens is 227 g/mol. The van der Waals surface area contributed by atoms with Gasteiger partial charge in [0, 0.05) is 5.56 Å². The van der Waals surface area contributed by atoms with Crippen LogP contribution in [0.25, 0.3) is 0 Å². The summed E-state index contributed by atoms with van der Waals surface area (Å²) in [5, 5.41) is 10.8. The van der Waals surface area contributed by atoms with Gasteiger partial charge in [0.05, 0.1) is 5.60 Å². The zero-order valence-corrected chi connectivity index (χ0v) is 11.6. The van der Waals surface area contributed by atoms with Gasteiger partial charge in [0.25, 0.3) is 0 Å². The van der Waals surface area contributed by atoms with Gasteiger partial charge in [0.2, 0.25) is 0 Å². The predicted octanol–water partition coefficient (Wildman–Crippen LogP) is 4.31. The fourth-order valence-electron chi connectivity index (χ4n) is 2.92. The summed E-state index contributed by atoms with van der Waals surface area (Å²) in [5.74, 6) is -0.275. The van der Waals surface area contributed by atoms with E-state index in [2.05, 4.69) is 13.8 Å². The highest BCUT2D eigenvalue weighted by Gasteiger charge is 2.36.